The minimum Gasteiger partial charge on any atom is -0.487 e. The summed E-state index contributed by atoms with van der Waals surface area (Å²) in [5.74, 6) is 1.78. The highest BCUT2D eigenvalue weighted by Crippen LogP contribution is 2.14. The summed E-state index contributed by atoms with van der Waals surface area (Å²) in [5.41, 5.74) is 6.65. The number of pyridine rings is 1. The lowest BCUT2D eigenvalue weighted by Gasteiger charge is -2.16. The Morgan fingerprint density at radius 3 is 2.95 bits per heavy atom. The predicted molar refractivity (Wildman–Crippen MR) is 78.6 cm³/mol. The van der Waals surface area contributed by atoms with Crippen molar-refractivity contribution < 1.29 is 4.74 Å². The zero-order valence-corrected chi connectivity index (χ0v) is 11.7. The number of nitrogens with zero attached hydrogens (tertiary/aromatic N) is 3. The minimum absolute atomic E-state index is 0.0138. The Kier molecular flexibility index (Phi) is 4.70. The van der Waals surface area contributed by atoms with Gasteiger partial charge in [-0.3, -0.25) is 4.98 Å². The Morgan fingerprint density at radius 2 is 2.25 bits per heavy atom. The van der Waals surface area contributed by atoms with Gasteiger partial charge in [0.25, 0.3) is 0 Å². The molecule has 0 bridgehead atoms. The number of ether oxygens (including phenoxy) is 1. The Bertz CT molecular complexity index is 547. The van der Waals surface area contributed by atoms with E-state index in [0.717, 1.165) is 23.6 Å². The van der Waals surface area contributed by atoms with Crippen molar-refractivity contribution in [2.75, 3.05) is 17.6 Å². The maximum absolute atomic E-state index is 5.74. The standard InChI is InChI=1S/C14H19N5O/c1-3-11-8-18-14(15)19-13(11)17-7-10(2)20-12-5-4-6-16-9-12/h4-6,8-10H,3,7H2,1-2H3,(H3,15,17,18,19)/t10-/m0/s1. The zero-order chi connectivity index (χ0) is 14.4. The van der Waals surface area contributed by atoms with E-state index < -0.39 is 0 Å². The Morgan fingerprint density at radius 1 is 1.40 bits per heavy atom. The third-order valence-corrected chi connectivity index (χ3v) is 2.79. The predicted octanol–water partition coefficient (Wildman–Crippen LogP) is 1.90. The second kappa shape index (κ2) is 6.70. The van der Waals surface area contributed by atoms with E-state index in [1.807, 2.05) is 19.1 Å². The molecule has 2 heterocycles. The van der Waals surface area contributed by atoms with E-state index >= 15 is 0 Å². The second-order valence-electron chi connectivity index (χ2n) is 4.45. The van der Waals surface area contributed by atoms with Crippen LogP contribution in [0.1, 0.15) is 19.4 Å². The fourth-order valence-electron chi connectivity index (χ4n) is 1.76. The van der Waals surface area contributed by atoms with Gasteiger partial charge >= 0.3 is 0 Å². The van der Waals surface area contributed by atoms with Crippen LogP contribution < -0.4 is 15.8 Å². The molecule has 0 radical (unpaired) electrons. The molecular formula is C14H19N5O. The van der Waals surface area contributed by atoms with Crippen molar-refractivity contribution in [1.29, 1.82) is 0 Å². The summed E-state index contributed by atoms with van der Waals surface area (Å²) in [4.78, 5) is 12.2. The van der Waals surface area contributed by atoms with Crippen LogP contribution in [0.15, 0.2) is 30.7 Å². The first-order valence-corrected chi connectivity index (χ1v) is 6.61. The molecule has 0 aromatic carbocycles. The van der Waals surface area contributed by atoms with Crippen molar-refractivity contribution in [3.63, 3.8) is 0 Å². The highest BCUT2D eigenvalue weighted by atomic mass is 16.5. The fraction of sp³-hybridized carbons (Fsp3) is 0.357. The Labute approximate surface area is 118 Å². The monoisotopic (exact) mass is 273 g/mol. The second-order valence-corrected chi connectivity index (χ2v) is 4.45. The summed E-state index contributed by atoms with van der Waals surface area (Å²) in [6.45, 7) is 4.66. The highest BCUT2D eigenvalue weighted by molar-refractivity contribution is 5.46. The maximum Gasteiger partial charge on any atom is 0.221 e. The molecule has 0 saturated heterocycles. The molecule has 106 valence electrons. The number of nitrogen functional groups attached to an aromatic ring is 1. The lowest BCUT2D eigenvalue weighted by atomic mass is 10.2. The van der Waals surface area contributed by atoms with Crippen LogP contribution in [-0.2, 0) is 6.42 Å². The highest BCUT2D eigenvalue weighted by Gasteiger charge is 2.08. The van der Waals surface area contributed by atoms with Gasteiger partial charge in [-0.1, -0.05) is 6.92 Å². The summed E-state index contributed by atoms with van der Waals surface area (Å²) >= 11 is 0. The van der Waals surface area contributed by atoms with Gasteiger partial charge in [-0.15, -0.1) is 0 Å². The van der Waals surface area contributed by atoms with Crippen molar-refractivity contribution in [3.05, 3.63) is 36.3 Å². The molecule has 2 aromatic rings. The van der Waals surface area contributed by atoms with Gasteiger partial charge < -0.3 is 15.8 Å². The van der Waals surface area contributed by atoms with Gasteiger partial charge in [0, 0.05) is 18.0 Å². The van der Waals surface area contributed by atoms with E-state index in [4.69, 9.17) is 10.5 Å². The molecule has 2 aromatic heterocycles. The normalized spacial score (nSPS) is 11.9. The molecule has 0 aliphatic heterocycles. The average molecular weight is 273 g/mol. The van der Waals surface area contributed by atoms with Crippen LogP contribution in [-0.4, -0.2) is 27.6 Å². The van der Waals surface area contributed by atoms with E-state index in [9.17, 15) is 0 Å². The zero-order valence-electron chi connectivity index (χ0n) is 11.7. The lowest BCUT2D eigenvalue weighted by Crippen LogP contribution is -2.23. The van der Waals surface area contributed by atoms with E-state index in [2.05, 4.69) is 27.2 Å². The van der Waals surface area contributed by atoms with E-state index in [1.165, 1.54) is 0 Å². The van der Waals surface area contributed by atoms with Gasteiger partial charge in [-0.25, -0.2) is 4.98 Å². The van der Waals surface area contributed by atoms with Crippen LogP contribution in [0.4, 0.5) is 11.8 Å². The summed E-state index contributed by atoms with van der Waals surface area (Å²) in [6.07, 6.45) is 5.99. The molecule has 0 aliphatic rings. The van der Waals surface area contributed by atoms with E-state index in [-0.39, 0.29) is 12.1 Å². The topological polar surface area (TPSA) is 86.0 Å². The first-order valence-electron chi connectivity index (χ1n) is 6.61. The van der Waals surface area contributed by atoms with Crippen LogP contribution in [0.25, 0.3) is 0 Å². The number of hydrogen-bond donors (Lipinski definition) is 2. The van der Waals surface area contributed by atoms with Gasteiger partial charge in [0.2, 0.25) is 5.95 Å². The van der Waals surface area contributed by atoms with Crippen molar-refractivity contribution in [2.45, 2.75) is 26.4 Å². The largest absolute Gasteiger partial charge is 0.487 e. The van der Waals surface area contributed by atoms with Crippen LogP contribution in [0.2, 0.25) is 0 Å². The molecule has 6 nitrogen and oxygen atoms in total. The van der Waals surface area contributed by atoms with Crippen molar-refractivity contribution in [1.82, 2.24) is 15.0 Å². The first-order chi connectivity index (χ1) is 9.69. The summed E-state index contributed by atoms with van der Waals surface area (Å²) < 4.78 is 5.74. The number of rotatable bonds is 6. The van der Waals surface area contributed by atoms with Crippen molar-refractivity contribution in [2.24, 2.45) is 0 Å². The molecule has 0 aliphatic carbocycles. The molecular weight excluding hydrogens is 254 g/mol. The Balaban J connectivity index is 1.93. The summed E-state index contributed by atoms with van der Waals surface area (Å²) in [7, 11) is 0. The molecule has 0 saturated carbocycles. The average Bonchev–Trinajstić information content (AvgIpc) is 2.46. The van der Waals surface area contributed by atoms with Crippen molar-refractivity contribution >= 4 is 11.8 Å². The number of anilines is 2. The molecule has 0 unspecified atom stereocenters. The maximum atomic E-state index is 5.74. The van der Waals surface area contributed by atoms with Gasteiger partial charge in [-0.05, 0) is 25.5 Å². The number of nitrogens with one attached hydrogen (secondary N) is 1. The van der Waals surface area contributed by atoms with Gasteiger partial charge in [0.15, 0.2) is 0 Å². The van der Waals surface area contributed by atoms with Gasteiger partial charge in [0.1, 0.15) is 17.7 Å². The van der Waals surface area contributed by atoms with Gasteiger partial charge in [0.05, 0.1) is 12.7 Å². The number of aromatic nitrogens is 3. The number of nitrogens with two attached hydrogens (primary N) is 1. The number of aryl methyl sites for hydroxylation is 1. The van der Waals surface area contributed by atoms with E-state index in [0.29, 0.717) is 6.54 Å². The molecule has 2 rings (SSSR count). The quantitative estimate of drug-likeness (QED) is 0.836. The third kappa shape index (κ3) is 3.81. The minimum atomic E-state index is -0.0138. The smallest absolute Gasteiger partial charge is 0.221 e. The van der Waals surface area contributed by atoms with Gasteiger partial charge in [-0.2, -0.15) is 4.98 Å². The Hall–Kier alpha value is -2.37. The van der Waals surface area contributed by atoms with E-state index in [1.54, 1.807) is 18.6 Å². The lowest BCUT2D eigenvalue weighted by molar-refractivity contribution is 0.233. The molecule has 0 fully saturated rings. The van der Waals surface area contributed by atoms with Crippen LogP contribution in [0.5, 0.6) is 5.75 Å². The molecule has 0 spiro atoms. The fourth-order valence-corrected chi connectivity index (χ4v) is 1.76. The van der Waals surface area contributed by atoms with Crippen LogP contribution in [0, 0.1) is 0 Å². The first kappa shape index (κ1) is 14.0. The van der Waals surface area contributed by atoms with Crippen molar-refractivity contribution in [3.8, 4) is 5.75 Å². The molecule has 1 atom stereocenters. The molecule has 0 amide bonds. The molecule has 3 N–H and O–H groups in total. The SMILES string of the molecule is CCc1cnc(N)nc1NC[C@H](C)Oc1cccnc1. The molecule has 20 heavy (non-hydrogen) atoms. The number of hydrogen-bond acceptors (Lipinski definition) is 6. The summed E-state index contributed by atoms with van der Waals surface area (Å²) in [6, 6.07) is 3.72. The van der Waals surface area contributed by atoms with Crippen LogP contribution in [0.3, 0.4) is 0 Å². The third-order valence-electron chi connectivity index (χ3n) is 2.79. The summed E-state index contributed by atoms with van der Waals surface area (Å²) in [5, 5.41) is 3.25. The molecule has 6 heteroatoms. The van der Waals surface area contributed by atoms with Crippen LogP contribution >= 0.6 is 0 Å².